The van der Waals surface area contributed by atoms with E-state index < -0.39 is 8.07 Å². The molecule has 0 aromatic heterocycles. The van der Waals surface area contributed by atoms with E-state index >= 15 is 0 Å². The second-order valence-corrected chi connectivity index (χ2v) is 11.1. The Labute approximate surface area is 110 Å². The van der Waals surface area contributed by atoms with Gasteiger partial charge in [-0.2, -0.15) is 0 Å². The molecule has 0 radical (unpaired) electrons. The largest absolute Gasteiger partial charge is 0.354 e. The molecule has 98 valence electrons. The van der Waals surface area contributed by atoms with E-state index in [-0.39, 0.29) is 11.9 Å². The van der Waals surface area contributed by atoms with Crippen LogP contribution in [0.1, 0.15) is 12.0 Å². The molecule has 1 aromatic rings. The van der Waals surface area contributed by atoms with Gasteiger partial charge in [-0.3, -0.25) is 4.79 Å². The number of carbonyl (C=O) groups excluding carboxylic acids is 1. The number of hydrogen-bond donors (Lipinski definition) is 2. The number of benzene rings is 1. The van der Waals surface area contributed by atoms with Gasteiger partial charge in [0.05, 0.1) is 8.07 Å². The van der Waals surface area contributed by atoms with Crippen molar-refractivity contribution in [1.82, 2.24) is 10.6 Å². The minimum atomic E-state index is -1.19. The molecule has 1 unspecified atom stereocenters. The molecule has 0 saturated carbocycles. The lowest BCUT2D eigenvalue weighted by atomic mass is 10.2. The third-order valence-electron chi connectivity index (χ3n) is 3.39. The van der Waals surface area contributed by atoms with E-state index in [1.807, 2.05) is 0 Å². The highest BCUT2D eigenvalue weighted by Crippen LogP contribution is 2.06. The average Bonchev–Trinajstić information content (AvgIpc) is 2.72. The Morgan fingerprint density at radius 2 is 1.94 bits per heavy atom. The predicted molar refractivity (Wildman–Crippen MR) is 77.7 cm³/mol. The van der Waals surface area contributed by atoms with Crippen LogP contribution in [-0.2, 0) is 11.3 Å². The first-order chi connectivity index (χ1) is 8.45. The first-order valence-corrected chi connectivity index (χ1v) is 10.0. The highest BCUT2D eigenvalue weighted by Gasteiger charge is 2.20. The fraction of sp³-hybridized carbons (Fsp3) is 0.500. The maximum absolute atomic E-state index is 11.1. The molecule has 18 heavy (non-hydrogen) atoms. The summed E-state index contributed by atoms with van der Waals surface area (Å²) in [5, 5.41) is 7.74. The zero-order valence-corrected chi connectivity index (χ0v) is 12.4. The van der Waals surface area contributed by atoms with Crippen LogP contribution in [0.2, 0.25) is 19.6 Å². The fourth-order valence-electron chi connectivity index (χ4n) is 2.13. The number of nitrogens with one attached hydrogen (secondary N) is 2. The maximum Gasteiger partial charge on any atom is 0.221 e. The van der Waals surface area contributed by atoms with Crippen molar-refractivity contribution in [2.75, 3.05) is 6.54 Å². The van der Waals surface area contributed by atoms with Gasteiger partial charge in [-0.1, -0.05) is 49.1 Å². The van der Waals surface area contributed by atoms with Crippen LogP contribution >= 0.6 is 0 Å². The SMILES string of the molecule is C[Si](C)(C)c1ccc(CNC2CNC(=O)C2)cc1. The summed E-state index contributed by atoms with van der Waals surface area (Å²) < 4.78 is 0. The monoisotopic (exact) mass is 262 g/mol. The van der Waals surface area contributed by atoms with Crippen molar-refractivity contribution in [3.8, 4) is 0 Å². The Kier molecular flexibility index (Phi) is 3.87. The molecule has 1 saturated heterocycles. The first-order valence-electron chi connectivity index (χ1n) is 6.54. The van der Waals surface area contributed by atoms with E-state index in [0.717, 1.165) is 13.1 Å². The standard InChI is InChI=1S/C14H22N2OSi/c1-18(2,3)13-6-4-11(5-7-13)9-15-12-8-14(17)16-10-12/h4-7,12,15H,8-10H2,1-3H3,(H,16,17). The summed E-state index contributed by atoms with van der Waals surface area (Å²) in [7, 11) is -1.19. The molecule has 2 rings (SSSR count). The third kappa shape index (κ3) is 3.43. The van der Waals surface area contributed by atoms with Gasteiger partial charge in [-0.05, 0) is 5.56 Å². The highest BCUT2D eigenvalue weighted by atomic mass is 28.3. The van der Waals surface area contributed by atoms with Gasteiger partial charge in [-0.15, -0.1) is 0 Å². The van der Waals surface area contributed by atoms with Gasteiger partial charge in [0.15, 0.2) is 0 Å². The van der Waals surface area contributed by atoms with E-state index in [2.05, 4.69) is 54.5 Å². The normalized spacial score (nSPS) is 19.9. The predicted octanol–water partition coefficient (Wildman–Crippen LogP) is 1.21. The Morgan fingerprint density at radius 3 is 2.44 bits per heavy atom. The van der Waals surface area contributed by atoms with Gasteiger partial charge in [-0.25, -0.2) is 0 Å². The third-order valence-corrected chi connectivity index (χ3v) is 5.46. The molecular weight excluding hydrogens is 240 g/mol. The van der Waals surface area contributed by atoms with Crippen LogP contribution in [0.25, 0.3) is 0 Å². The van der Waals surface area contributed by atoms with Crippen molar-refractivity contribution in [2.24, 2.45) is 0 Å². The molecule has 2 N–H and O–H groups in total. The van der Waals surface area contributed by atoms with Crippen LogP contribution in [0.4, 0.5) is 0 Å². The van der Waals surface area contributed by atoms with Crippen molar-refractivity contribution in [3.63, 3.8) is 0 Å². The van der Waals surface area contributed by atoms with E-state index in [1.54, 1.807) is 0 Å². The average molecular weight is 262 g/mol. The summed E-state index contributed by atoms with van der Waals surface area (Å²) in [5.41, 5.74) is 1.29. The summed E-state index contributed by atoms with van der Waals surface area (Å²) in [6.07, 6.45) is 0.604. The van der Waals surface area contributed by atoms with Gasteiger partial charge in [0.25, 0.3) is 0 Å². The van der Waals surface area contributed by atoms with Crippen molar-refractivity contribution < 1.29 is 4.79 Å². The quantitative estimate of drug-likeness (QED) is 0.801. The molecule has 1 fully saturated rings. The molecule has 4 heteroatoms. The zero-order chi connectivity index (χ0) is 13.2. The number of rotatable bonds is 4. The molecule has 0 spiro atoms. The summed E-state index contributed by atoms with van der Waals surface area (Å²) in [6, 6.07) is 9.19. The molecule has 0 aliphatic carbocycles. The van der Waals surface area contributed by atoms with Gasteiger partial charge in [0, 0.05) is 25.6 Å². The van der Waals surface area contributed by atoms with Gasteiger partial charge >= 0.3 is 0 Å². The molecule has 1 heterocycles. The van der Waals surface area contributed by atoms with Crippen LogP contribution in [-0.4, -0.2) is 26.6 Å². The van der Waals surface area contributed by atoms with Crippen LogP contribution in [0.3, 0.4) is 0 Å². The Balaban J connectivity index is 1.89. The fourth-order valence-corrected chi connectivity index (χ4v) is 3.30. The highest BCUT2D eigenvalue weighted by molar-refractivity contribution is 6.88. The number of carbonyl (C=O) groups is 1. The lowest BCUT2D eigenvalue weighted by molar-refractivity contribution is -0.119. The first kappa shape index (κ1) is 13.3. The van der Waals surface area contributed by atoms with E-state index in [1.165, 1.54) is 10.8 Å². The van der Waals surface area contributed by atoms with E-state index in [4.69, 9.17) is 0 Å². The molecule has 0 bridgehead atoms. The van der Waals surface area contributed by atoms with Crippen LogP contribution < -0.4 is 15.8 Å². The number of hydrogen-bond acceptors (Lipinski definition) is 2. The maximum atomic E-state index is 11.1. The summed E-state index contributed by atoms with van der Waals surface area (Å²) in [4.78, 5) is 11.1. The molecule has 3 nitrogen and oxygen atoms in total. The molecule has 1 amide bonds. The van der Waals surface area contributed by atoms with Gasteiger partial charge in [0.2, 0.25) is 5.91 Å². The van der Waals surface area contributed by atoms with Gasteiger partial charge < -0.3 is 10.6 Å². The zero-order valence-electron chi connectivity index (χ0n) is 11.4. The lowest BCUT2D eigenvalue weighted by Gasteiger charge is -2.17. The summed E-state index contributed by atoms with van der Waals surface area (Å²) >= 11 is 0. The second kappa shape index (κ2) is 5.24. The van der Waals surface area contributed by atoms with Gasteiger partial charge in [0.1, 0.15) is 0 Å². The minimum absolute atomic E-state index is 0.154. The Hall–Kier alpha value is -1.13. The van der Waals surface area contributed by atoms with Crippen molar-refractivity contribution in [1.29, 1.82) is 0 Å². The molecule has 1 aliphatic heterocycles. The molecule has 1 aromatic carbocycles. The number of amides is 1. The second-order valence-electron chi connectivity index (χ2n) is 6.03. The molecule has 1 aliphatic rings. The minimum Gasteiger partial charge on any atom is -0.354 e. The van der Waals surface area contributed by atoms with E-state index in [9.17, 15) is 4.79 Å². The smallest absolute Gasteiger partial charge is 0.221 e. The Morgan fingerprint density at radius 1 is 1.28 bits per heavy atom. The molecular formula is C14H22N2OSi. The van der Waals surface area contributed by atoms with Crippen molar-refractivity contribution in [3.05, 3.63) is 29.8 Å². The summed E-state index contributed by atoms with van der Waals surface area (Å²) in [5.74, 6) is 0.154. The van der Waals surface area contributed by atoms with Crippen LogP contribution in [0, 0.1) is 0 Å². The van der Waals surface area contributed by atoms with Crippen molar-refractivity contribution in [2.45, 2.75) is 38.6 Å². The van der Waals surface area contributed by atoms with Crippen molar-refractivity contribution >= 4 is 19.2 Å². The van der Waals surface area contributed by atoms with Crippen LogP contribution in [0.5, 0.6) is 0 Å². The lowest BCUT2D eigenvalue weighted by Crippen LogP contribution is -2.37. The van der Waals surface area contributed by atoms with E-state index in [0.29, 0.717) is 6.42 Å². The molecule has 1 atom stereocenters. The Bertz CT molecular complexity index is 422. The topological polar surface area (TPSA) is 41.1 Å². The summed E-state index contributed by atoms with van der Waals surface area (Å²) in [6.45, 7) is 8.67. The van der Waals surface area contributed by atoms with Crippen LogP contribution in [0.15, 0.2) is 24.3 Å².